The lowest BCUT2D eigenvalue weighted by atomic mass is 9.68. The molecular formula is C22H22O9. The summed E-state index contributed by atoms with van der Waals surface area (Å²) in [5.74, 6) is -2.16. The molecule has 0 amide bonds. The summed E-state index contributed by atoms with van der Waals surface area (Å²) in [6.07, 6.45) is -4.42. The average molecular weight is 430 g/mol. The third-order valence-corrected chi connectivity index (χ3v) is 6.58. The van der Waals surface area contributed by atoms with Crippen LogP contribution in [0.3, 0.4) is 0 Å². The molecule has 31 heavy (non-hydrogen) atoms. The molecule has 2 aromatic rings. The van der Waals surface area contributed by atoms with E-state index in [0.29, 0.717) is 11.1 Å². The molecule has 1 aliphatic carbocycles. The predicted molar refractivity (Wildman–Crippen MR) is 104 cm³/mol. The van der Waals surface area contributed by atoms with Crippen LogP contribution in [0.4, 0.5) is 0 Å². The van der Waals surface area contributed by atoms with E-state index in [1.165, 1.54) is 24.3 Å². The maximum atomic E-state index is 13.2. The SMILES string of the molecule is O=C1c2c(O)cccc2C(C2OC(CO)C3OCC3(O)C2O)c2cc(CO)cc(O)c21. The zero-order valence-electron chi connectivity index (χ0n) is 16.3. The molecule has 6 atom stereocenters. The Labute approximate surface area is 176 Å². The van der Waals surface area contributed by atoms with E-state index in [2.05, 4.69) is 0 Å². The lowest BCUT2D eigenvalue weighted by Gasteiger charge is -2.57. The zero-order chi connectivity index (χ0) is 22.1. The van der Waals surface area contributed by atoms with Gasteiger partial charge in [-0.05, 0) is 28.8 Å². The van der Waals surface area contributed by atoms with Crippen LogP contribution in [0.1, 0.15) is 38.5 Å². The van der Waals surface area contributed by atoms with Gasteiger partial charge in [0.1, 0.15) is 35.4 Å². The molecule has 9 heteroatoms. The Kier molecular flexibility index (Phi) is 4.60. The molecule has 2 fully saturated rings. The number of rotatable bonds is 3. The quantitative estimate of drug-likeness (QED) is 0.378. The number of phenolic OH excluding ortho intramolecular Hbond substituents is 2. The minimum Gasteiger partial charge on any atom is -0.507 e. The fourth-order valence-electron chi connectivity index (χ4n) is 5.07. The van der Waals surface area contributed by atoms with Gasteiger partial charge in [0.2, 0.25) is 5.78 Å². The van der Waals surface area contributed by atoms with Crippen molar-refractivity contribution >= 4 is 5.78 Å². The first-order chi connectivity index (χ1) is 14.8. The van der Waals surface area contributed by atoms with Gasteiger partial charge in [0.05, 0.1) is 37.1 Å². The first kappa shape index (κ1) is 20.4. The van der Waals surface area contributed by atoms with Gasteiger partial charge < -0.3 is 40.1 Å². The molecule has 3 aliphatic rings. The van der Waals surface area contributed by atoms with Crippen LogP contribution >= 0.6 is 0 Å². The van der Waals surface area contributed by atoms with Crippen molar-refractivity contribution in [2.45, 2.75) is 42.5 Å². The highest BCUT2D eigenvalue weighted by molar-refractivity contribution is 6.16. The number of aliphatic hydroxyl groups is 4. The molecule has 0 spiro atoms. The van der Waals surface area contributed by atoms with Gasteiger partial charge in [-0.1, -0.05) is 18.2 Å². The molecule has 2 aromatic carbocycles. The minimum atomic E-state index is -1.66. The lowest BCUT2D eigenvalue weighted by Crippen LogP contribution is -2.76. The van der Waals surface area contributed by atoms with Gasteiger partial charge in [0.15, 0.2) is 0 Å². The topological polar surface area (TPSA) is 157 Å². The fourth-order valence-corrected chi connectivity index (χ4v) is 5.07. The second-order valence-corrected chi connectivity index (χ2v) is 8.27. The molecule has 0 saturated carbocycles. The number of hydrogen-bond donors (Lipinski definition) is 6. The minimum absolute atomic E-state index is 0.0395. The van der Waals surface area contributed by atoms with E-state index in [4.69, 9.17) is 9.47 Å². The van der Waals surface area contributed by atoms with Gasteiger partial charge in [0, 0.05) is 5.92 Å². The number of ether oxygens (including phenoxy) is 2. The molecule has 0 bridgehead atoms. The number of aliphatic hydroxyl groups excluding tert-OH is 3. The molecule has 2 heterocycles. The number of phenols is 2. The molecular weight excluding hydrogens is 408 g/mol. The van der Waals surface area contributed by atoms with Gasteiger partial charge in [-0.25, -0.2) is 0 Å². The van der Waals surface area contributed by atoms with Crippen molar-refractivity contribution in [3.63, 3.8) is 0 Å². The van der Waals surface area contributed by atoms with Gasteiger partial charge >= 0.3 is 0 Å². The molecule has 6 unspecified atom stereocenters. The molecule has 2 aliphatic heterocycles. The van der Waals surface area contributed by atoms with Crippen LogP contribution in [0.25, 0.3) is 0 Å². The largest absolute Gasteiger partial charge is 0.507 e. The molecule has 164 valence electrons. The Morgan fingerprint density at radius 1 is 1.06 bits per heavy atom. The van der Waals surface area contributed by atoms with Gasteiger partial charge in [-0.2, -0.15) is 0 Å². The van der Waals surface area contributed by atoms with Gasteiger partial charge in [0.25, 0.3) is 0 Å². The van der Waals surface area contributed by atoms with E-state index >= 15 is 0 Å². The van der Waals surface area contributed by atoms with Crippen LogP contribution in [0.2, 0.25) is 0 Å². The molecule has 0 radical (unpaired) electrons. The van der Waals surface area contributed by atoms with E-state index in [1.54, 1.807) is 6.07 Å². The van der Waals surface area contributed by atoms with Crippen molar-refractivity contribution in [2.24, 2.45) is 0 Å². The number of benzene rings is 2. The summed E-state index contributed by atoms with van der Waals surface area (Å²) in [5.41, 5.74) is -0.810. The van der Waals surface area contributed by atoms with Gasteiger partial charge in [-0.15, -0.1) is 0 Å². The second kappa shape index (κ2) is 6.99. The summed E-state index contributed by atoms with van der Waals surface area (Å²) in [6.45, 7) is -1.02. The Bertz CT molecular complexity index is 1070. The highest BCUT2D eigenvalue weighted by Gasteiger charge is 2.64. The lowest BCUT2D eigenvalue weighted by molar-refractivity contribution is -0.360. The summed E-state index contributed by atoms with van der Waals surface area (Å²) < 4.78 is 11.3. The van der Waals surface area contributed by atoms with Crippen LogP contribution in [0, 0.1) is 0 Å². The van der Waals surface area contributed by atoms with Crippen LogP contribution in [-0.4, -0.2) is 79.7 Å². The first-order valence-electron chi connectivity index (χ1n) is 9.93. The molecule has 2 saturated heterocycles. The summed E-state index contributed by atoms with van der Waals surface area (Å²) >= 11 is 0. The second-order valence-electron chi connectivity index (χ2n) is 8.27. The predicted octanol–water partition coefficient (Wildman–Crippen LogP) is -0.483. The number of ketones is 1. The summed E-state index contributed by atoms with van der Waals surface area (Å²) in [5, 5.41) is 62.4. The first-order valence-corrected chi connectivity index (χ1v) is 9.93. The van der Waals surface area contributed by atoms with E-state index in [-0.39, 0.29) is 34.8 Å². The number of carbonyl (C=O) groups is 1. The van der Waals surface area contributed by atoms with E-state index < -0.39 is 54.9 Å². The number of fused-ring (bicyclic) bond motifs is 3. The number of hydrogen-bond acceptors (Lipinski definition) is 9. The Morgan fingerprint density at radius 3 is 2.45 bits per heavy atom. The number of carbonyl (C=O) groups excluding carboxylic acids is 1. The third-order valence-electron chi connectivity index (χ3n) is 6.58. The standard InChI is InChI=1S/C22H22O9/c23-6-9-4-11-15(19-20(28)22(29)8-30-21(22)14(7-24)31-19)10-2-1-3-12(25)16(10)18(27)17(11)13(26)5-9/h1-5,14-15,19-21,23-26,28-29H,6-8H2. The fraction of sp³-hybridized carbons (Fsp3) is 0.409. The van der Waals surface area contributed by atoms with Crippen molar-refractivity contribution in [1.82, 2.24) is 0 Å². The van der Waals surface area contributed by atoms with Crippen molar-refractivity contribution in [3.8, 4) is 11.5 Å². The van der Waals surface area contributed by atoms with Gasteiger partial charge in [-0.3, -0.25) is 4.79 Å². The number of aromatic hydroxyl groups is 2. The normalized spacial score (nSPS) is 33.8. The van der Waals surface area contributed by atoms with Crippen LogP contribution in [0.5, 0.6) is 11.5 Å². The maximum absolute atomic E-state index is 13.2. The highest BCUT2D eigenvalue weighted by atomic mass is 16.6. The Balaban J connectivity index is 1.74. The molecule has 0 aromatic heterocycles. The van der Waals surface area contributed by atoms with E-state index in [0.717, 1.165) is 0 Å². The van der Waals surface area contributed by atoms with E-state index in [1.807, 2.05) is 0 Å². The maximum Gasteiger partial charge on any atom is 0.201 e. The molecule has 6 N–H and O–H groups in total. The zero-order valence-corrected chi connectivity index (χ0v) is 16.3. The van der Waals surface area contributed by atoms with Crippen LogP contribution in [0.15, 0.2) is 30.3 Å². The summed E-state index contributed by atoms with van der Waals surface area (Å²) in [7, 11) is 0. The summed E-state index contributed by atoms with van der Waals surface area (Å²) in [6, 6.07) is 7.27. The van der Waals surface area contributed by atoms with E-state index in [9.17, 15) is 35.4 Å². The Hall–Kier alpha value is -2.53. The van der Waals surface area contributed by atoms with Crippen LogP contribution in [-0.2, 0) is 16.1 Å². The van der Waals surface area contributed by atoms with Crippen LogP contribution < -0.4 is 0 Å². The third kappa shape index (κ3) is 2.68. The average Bonchev–Trinajstić information content (AvgIpc) is 2.74. The van der Waals surface area contributed by atoms with Crippen molar-refractivity contribution in [2.75, 3.05) is 13.2 Å². The molecule has 9 nitrogen and oxygen atoms in total. The molecule has 5 rings (SSSR count). The van der Waals surface area contributed by atoms with Crippen molar-refractivity contribution in [1.29, 1.82) is 0 Å². The smallest absolute Gasteiger partial charge is 0.201 e. The van der Waals surface area contributed by atoms with Crippen molar-refractivity contribution in [3.05, 3.63) is 58.1 Å². The van der Waals surface area contributed by atoms with Crippen molar-refractivity contribution < 1.29 is 44.9 Å². The summed E-state index contributed by atoms with van der Waals surface area (Å²) in [4.78, 5) is 13.2. The highest BCUT2D eigenvalue weighted by Crippen LogP contribution is 2.50. The Morgan fingerprint density at radius 2 is 1.81 bits per heavy atom. The monoisotopic (exact) mass is 430 g/mol.